The maximum Gasteiger partial charge on any atom is 0.116 e. The summed E-state index contributed by atoms with van der Waals surface area (Å²) in [5.41, 5.74) is 4.93. The highest BCUT2D eigenvalue weighted by molar-refractivity contribution is 9.10. The number of rotatable bonds is 2. The molecule has 1 rings (SSSR count). The van der Waals surface area contributed by atoms with E-state index in [2.05, 4.69) is 26.1 Å². The van der Waals surface area contributed by atoms with Gasteiger partial charge >= 0.3 is 0 Å². The first-order valence-electron chi connectivity index (χ1n) is 3.19. The fourth-order valence-corrected chi connectivity index (χ4v) is 1.37. The highest BCUT2D eigenvalue weighted by Gasteiger charge is 2.25. The molecule has 0 radical (unpaired) electrons. The molecule has 0 aromatic carbocycles. The van der Waals surface area contributed by atoms with E-state index in [1.807, 2.05) is 0 Å². The normalized spacial score (nSPS) is 16.4. The fourth-order valence-electron chi connectivity index (χ4n) is 0.751. The molecule has 4 N–H and O–H groups in total. The van der Waals surface area contributed by atoms with Crippen molar-refractivity contribution >= 4 is 15.9 Å². The molecule has 1 aromatic rings. The smallest absolute Gasteiger partial charge is 0.116 e. The van der Waals surface area contributed by atoms with Gasteiger partial charge in [0, 0.05) is 6.54 Å². The van der Waals surface area contributed by atoms with E-state index in [-0.39, 0.29) is 6.54 Å². The molecule has 1 heterocycles. The van der Waals surface area contributed by atoms with E-state index in [0.29, 0.717) is 5.69 Å². The molecule has 1 atom stereocenters. The van der Waals surface area contributed by atoms with Crippen LogP contribution in [0.1, 0.15) is 12.6 Å². The zero-order valence-corrected chi connectivity index (χ0v) is 7.72. The molecule has 0 aliphatic rings. The summed E-state index contributed by atoms with van der Waals surface area (Å²) in [5.74, 6) is 0. The molecule has 62 valence electrons. The summed E-state index contributed by atoms with van der Waals surface area (Å²) < 4.78 is 0.743. The molecule has 0 aliphatic carbocycles. The van der Waals surface area contributed by atoms with Crippen molar-refractivity contribution in [2.24, 2.45) is 5.73 Å². The van der Waals surface area contributed by atoms with Crippen LogP contribution in [-0.4, -0.2) is 21.8 Å². The minimum absolute atomic E-state index is 0.161. The van der Waals surface area contributed by atoms with Gasteiger partial charge in [0.25, 0.3) is 0 Å². The van der Waals surface area contributed by atoms with Crippen LogP contribution in [0.2, 0.25) is 0 Å². The predicted molar refractivity (Wildman–Crippen MR) is 44.9 cm³/mol. The van der Waals surface area contributed by atoms with E-state index in [4.69, 9.17) is 5.73 Å². The van der Waals surface area contributed by atoms with E-state index in [1.54, 1.807) is 13.1 Å². The van der Waals surface area contributed by atoms with Crippen molar-refractivity contribution in [1.82, 2.24) is 10.2 Å². The van der Waals surface area contributed by atoms with Crippen molar-refractivity contribution in [3.63, 3.8) is 0 Å². The molecule has 5 heteroatoms. The van der Waals surface area contributed by atoms with Crippen molar-refractivity contribution in [2.45, 2.75) is 12.5 Å². The van der Waals surface area contributed by atoms with Gasteiger partial charge in [-0.3, -0.25) is 5.10 Å². The molecule has 11 heavy (non-hydrogen) atoms. The van der Waals surface area contributed by atoms with Gasteiger partial charge in [0.05, 0.1) is 16.4 Å². The van der Waals surface area contributed by atoms with Crippen LogP contribution in [0, 0.1) is 0 Å². The van der Waals surface area contributed by atoms with Crippen LogP contribution in [0.4, 0.5) is 0 Å². The zero-order valence-electron chi connectivity index (χ0n) is 6.13. The third kappa shape index (κ3) is 1.61. The number of nitrogens with zero attached hydrogens (tertiary/aromatic N) is 1. The maximum absolute atomic E-state index is 9.64. The Morgan fingerprint density at radius 3 is 2.91 bits per heavy atom. The third-order valence-electron chi connectivity index (χ3n) is 1.53. The first-order chi connectivity index (χ1) is 5.08. The molecule has 1 unspecified atom stereocenters. The molecular formula is C6H10BrN3O. The second kappa shape index (κ2) is 2.92. The number of aliphatic hydroxyl groups is 1. The van der Waals surface area contributed by atoms with Crippen LogP contribution in [0.15, 0.2) is 10.7 Å². The van der Waals surface area contributed by atoms with E-state index in [9.17, 15) is 5.11 Å². The highest BCUT2D eigenvalue weighted by Crippen LogP contribution is 2.24. The van der Waals surface area contributed by atoms with Crippen LogP contribution < -0.4 is 5.73 Å². The van der Waals surface area contributed by atoms with Crippen molar-refractivity contribution < 1.29 is 5.11 Å². The molecule has 0 amide bonds. The number of halogens is 1. The summed E-state index contributed by atoms with van der Waals surface area (Å²) in [6.07, 6.45) is 1.58. The van der Waals surface area contributed by atoms with Gasteiger partial charge in [-0.05, 0) is 22.9 Å². The lowest BCUT2D eigenvalue weighted by molar-refractivity contribution is 0.0614. The van der Waals surface area contributed by atoms with Crippen molar-refractivity contribution in [3.05, 3.63) is 16.4 Å². The number of hydrogen-bond acceptors (Lipinski definition) is 3. The Kier molecular flexibility index (Phi) is 2.31. The number of aromatic amines is 1. The largest absolute Gasteiger partial charge is 0.382 e. The van der Waals surface area contributed by atoms with Gasteiger partial charge in [-0.1, -0.05) is 0 Å². The molecule has 0 saturated heterocycles. The SMILES string of the molecule is CC(O)(CN)c1[nH]ncc1Br. The van der Waals surface area contributed by atoms with Gasteiger partial charge in [-0.25, -0.2) is 0 Å². The molecule has 0 aliphatic heterocycles. The molecule has 0 spiro atoms. The predicted octanol–water partition coefficient (Wildman–Crippen LogP) is 0.338. The molecule has 0 saturated carbocycles. The molecule has 0 fully saturated rings. The summed E-state index contributed by atoms with van der Waals surface area (Å²) in [6.45, 7) is 1.79. The summed E-state index contributed by atoms with van der Waals surface area (Å²) in [7, 11) is 0. The number of nitrogens with one attached hydrogen (secondary N) is 1. The van der Waals surface area contributed by atoms with E-state index >= 15 is 0 Å². The Morgan fingerprint density at radius 1 is 1.91 bits per heavy atom. The Labute approximate surface area is 72.9 Å². The lowest BCUT2D eigenvalue weighted by atomic mass is 10.0. The minimum atomic E-state index is -1.03. The Morgan fingerprint density at radius 2 is 2.55 bits per heavy atom. The third-order valence-corrected chi connectivity index (χ3v) is 2.13. The number of aromatic nitrogens is 2. The van der Waals surface area contributed by atoms with Crippen LogP contribution in [-0.2, 0) is 5.60 Å². The first kappa shape index (κ1) is 8.70. The fraction of sp³-hybridized carbons (Fsp3) is 0.500. The quantitative estimate of drug-likeness (QED) is 0.672. The summed E-state index contributed by atoms with van der Waals surface area (Å²) >= 11 is 3.23. The lowest BCUT2D eigenvalue weighted by Crippen LogP contribution is -2.32. The number of hydrogen-bond donors (Lipinski definition) is 3. The average Bonchev–Trinajstić information content (AvgIpc) is 2.36. The van der Waals surface area contributed by atoms with Gasteiger partial charge in [0.1, 0.15) is 5.60 Å². The Hall–Kier alpha value is -0.390. The summed E-state index contributed by atoms with van der Waals surface area (Å²) in [6, 6.07) is 0. The summed E-state index contributed by atoms with van der Waals surface area (Å²) in [5, 5.41) is 16.1. The lowest BCUT2D eigenvalue weighted by Gasteiger charge is -2.19. The van der Waals surface area contributed by atoms with Crippen LogP contribution in [0.25, 0.3) is 0 Å². The molecule has 0 bridgehead atoms. The van der Waals surface area contributed by atoms with E-state index in [1.165, 1.54) is 0 Å². The van der Waals surface area contributed by atoms with Gasteiger partial charge in [0.2, 0.25) is 0 Å². The topological polar surface area (TPSA) is 74.9 Å². The van der Waals surface area contributed by atoms with Gasteiger partial charge in [0.15, 0.2) is 0 Å². The average molecular weight is 220 g/mol. The van der Waals surface area contributed by atoms with Gasteiger partial charge in [-0.15, -0.1) is 0 Å². The van der Waals surface area contributed by atoms with Gasteiger partial charge in [-0.2, -0.15) is 5.10 Å². The molecule has 4 nitrogen and oxygen atoms in total. The number of H-pyrrole nitrogens is 1. The first-order valence-corrected chi connectivity index (χ1v) is 3.99. The van der Waals surface area contributed by atoms with Crippen LogP contribution in [0.3, 0.4) is 0 Å². The van der Waals surface area contributed by atoms with Crippen molar-refractivity contribution in [1.29, 1.82) is 0 Å². The molecule has 1 aromatic heterocycles. The number of nitrogens with two attached hydrogens (primary N) is 1. The highest BCUT2D eigenvalue weighted by atomic mass is 79.9. The zero-order chi connectivity index (χ0) is 8.48. The van der Waals surface area contributed by atoms with Crippen molar-refractivity contribution in [3.8, 4) is 0 Å². The maximum atomic E-state index is 9.64. The van der Waals surface area contributed by atoms with E-state index < -0.39 is 5.60 Å². The Balaban J connectivity index is 3.00. The van der Waals surface area contributed by atoms with Crippen LogP contribution >= 0.6 is 15.9 Å². The van der Waals surface area contributed by atoms with Crippen molar-refractivity contribution in [2.75, 3.05) is 6.54 Å². The molecular weight excluding hydrogens is 210 g/mol. The monoisotopic (exact) mass is 219 g/mol. The minimum Gasteiger partial charge on any atom is -0.382 e. The summed E-state index contributed by atoms with van der Waals surface area (Å²) in [4.78, 5) is 0. The standard InChI is InChI=1S/C6H10BrN3O/c1-6(11,3-8)5-4(7)2-9-10-5/h2,11H,3,8H2,1H3,(H,9,10). The second-order valence-corrected chi connectivity index (χ2v) is 3.43. The Bertz CT molecular complexity index is 246. The van der Waals surface area contributed by atoms with Gasteiger partial charge < -0.3 is 10.8 Å². The van der Waals surface area contributed by atoms with Crippen LogP contribution in [0.5, 0.6) is 0 Å². The second-order valence-electron chi connectivity index (χ2n) is 2.57. The van der Waals surface area contributed by atoms with E-state index in [0.717, 1.165) is 4.47 Å².